The molecule has 1 saturated heterocycles. The van der Waals surface area contributed by atoms with E-state index in [1.165, 1.54) is 5.56 Å². The van der Waals surface area contributed by atoms with Crippen LogP contribution in [0, 0.1) is 0 Å². The van der Waals surface area contributed by atoms with Crippen LogP contribution in [0.2, 0.25) is 0 Å². The number of nitrogens with zero attached hydrogens (tertiary/aromatic N) is 2. The highest BCUT2D eigenvalue weighted by molar-refractivity contribution is 5.97. The van der Waals surface area contributed by atoms with Crippen LogP contribution in [0.5, 0.6) is 0 Å². The molecule has 0 aliphatic carbocycles. The van der Waals surface area contributed by atoms with E-state index in [0.29, 0.717) is 24.6 Å². The Bertz CT molecular complexity index is 479. The van der Waals surface area contributed by atoms with Crippen molar-refractivity contribution in [3.63, 3.8) is 0 Å². The largest absolute Gasteiger partial charge is 0.342 e. The van der Waals surface area contributed by atoms with Crippen molar-refractivity contribution < 1.29 is 9.59 Å². The van der Waals surface area contributed by atoms with Gasteiger partial charge in [-0.15, -0.1) is 0 Å². The molecule has 0 N–H and O–H groups in total. The SMILES string of the molecule is CC(C)c1ccc(C(=O)N2CCN(C)C(=O)C2)cc1. The first-order chi connectivity index (χ1) is 8.99. The van der Waals surface area contributed by atoms with Gasteiger partial charge < -0.3 is 9.80 Å². The van der Waals surface area contributed by atoms with Crippen LogP contribution in [0.4, 0.5) is 0 Å². The number of carbonyl (C=O) groups is 2. The number of carbonyl (C=O) groups excluding carboxylic acids is 2. The van der Waals surface area contributed by atoms with Gasteiger partial charge in [-0.2, -0.15) is 0 Å². The third-order valence-electron chi connectivity index (χ3n) is 3.57. The Morgan fingerprint density at radius 2 is 1.79 bits per heavy atom. The lowest BCUT2D eigenvalue weighted by Crippen LogP contribution is -2.50. The maximum absolute atomic E-state index is 12.3. The summed E-state index contributed by atoms with van der Waals surface area (Å²) in [5, 5.41) is 0. The maximum atomic E-state index is 12.3. The lowest BCUT2D eigenvalue weighted by Gasteiger charge is -2.32. The Balaban J connectivity index is 2.09. The van der Waals surface area contributed by atoms with Crippen molar-refractivity contribution in [3.05, 3.63) is 35.4 Å². The average Bonchev–Trinajstić information content (AvgIpc) is 2.41. The van der Waals surface area contributed by atoms with Crippen LogP contribution in [0.15, 0.2) is 24.3 Å². The monoisotopic (exact) mass is 260 g/mol. The van der Waals surface area contributed by atoms with Crippen molar-refractivity contribution in [2.24, 2.45) is 0 Å². The highest BCUT2D eigenvalue weighted by atomic mass is 16.2. The summed E-state index contributed by atoms with van der Waals surface area (Å²) >= 11 is 0. The quantitative estimate of drug-likeness (QED) is 0.812. The van der Waals surface area contributed by atoms with E-state index in [1.54, 1.807) is 16.8 Å². The molecule has 0 atom stereocenters. The van der Waals surface area contributed by atoms with Crippen LogP contribution in [0.25, 0.3) is 0 Å². The molecule has 0 spiro atoms. The summed E-state index contributed by atoms with van der Waals surface area (Å²) in [4.78, 5) is 27.2. The molecular formula is C15H20N2O2. The molecule has 2 rings (SSSR count). The second kappa shape index (κ2) is 5.43. The topological polar surface area (TPSA) is 40.6 Å². The average molecular weight is 260 g/mol. The van der Waals surface area contributed by atoms with Gasteiger partial charge in [0, 0.05) is 25.7 Å². The second-order valence-electron chi connectivity index (χ2n) is 5.32. The van der Waals surface area contributed by atoms with Crippen LogP contribution in [0.1, 0.15) is 35.7 Å². The lowest BCUT2D eigenvalue weighted by atomic mass is 10.0. The summed E-state index contributed by atoms with van der Waals surface area (Å²) in [7, 11) is 1.77. The molecule has 0 unspecified atom stereocenters. The number of benzene rings is 1. The van der Waals surface area contributed by atoms with Gasteiger partial charge in [-0.25, -0.2) is 0 Å². The van der Waals surface area contributed by atoms with E-state index in [9.17, 15) is 9.59 Å². The van der Waals surface area contributed by atoms with Gasteiger partial charge in [-0.05, 0) is 23.6 Å². The fraction of sp³-hybridized carbons (Fsp3) is 0.467. The van der Waals surface area contributed by atoms with Crippen molar-refractivity contribution >= 4 is 11.8 Å². The van der Waals surface area contributed by atoms with Gasteiger partial charge in [0.15, 0.2) is 0 Å². The Kier molecular flexibility index (Phi) is 3.88. The maximum Gasteiger partial charge on any atom is 0.254 e. The van der Waals surface area contributed by atoms with E-state index in [-0.39, 0.29) is 18.4 Å². The summed E-state index contributed by atoms with van der Waals surface area (Å²) in [6.07, 6.45) is 0. The number of rotatable bonds is 2. The van der Waals surface area contributed by atoms with Crippen molar-refractivity contribution in [2.45, 2.75) is 19.8 Å². The molecule has 1 aliphatic heterocycles. The van der Waals surface area contributed by atoms with E-state index in [0.717, 1.165) is 0 Å². The molecule has 4 heteroatoms. The van der Waals surface area contributed by atoms with Gasteiger partial charge in [0.05, 0.1) is 0 Å². The van der Waals surface area contributed by atoms with Crippen LogP contribution < -0.4 is 0 Å². The predicted molar refractivity (Wildman–Crippen MR) is 74.1 cm³/mol. The number of piperazine rings is 1. The predicted octanol–water partition coefficient (Wildman–Crippen LogP) is 1.72. The molecule has 19 heavy (non-hydrogen) atoms. The van der Waals surface area contributed by atoms with Gasteiger partial charge in [0.2, 0.25) is 5.91 Å². The Morgan fingerprint density at radius 1 is 1.16 bits per heavy atom. The fourth-order valence-corrected chi connectivity index (χ4v) is 2.12. The standard InChI is InChI=1S/C15H20N2O2/c1-11(2)12-4-6-13(7-5-12)15(19)17-9-8-16(3)14(18)10-17/h4-7,11H,8-10H2,1-3H3. The second-order valence-corrected chi connectivity index (χ2v) is 5.32. The molecule has 1 fully saturated rings. The molecule has 0 aromatic heterocycles. The normalized spacial score (nSPS) is 16.1. The molecule has 0 bridgehead atoms. The minimum Gasteiger partial charge on any atom is -0.342 e. The highest BCUT2D eigenvalue weighted by Gasteiger charge is 2.25. The first-order valence-electron chi connectivity index (χ1n) is 6.62. The van der Waals surface area contributed by atoms with Gasteiger partial charge in [0.1, 0.15) is 6.54 Å². The third-order valence-corrected chi connectivity index (χ3v) is 3.57. The smallest absolute Gasteiger partial charge is 0.254 e. The minimum absolute atomic E-state index is 0.00148. The van der Waals surface area contributed by atoms with E-state index in [4.69, 9.17) is 0 Å². The highest BCUT2D eigenvalue weighted by Crippen LogP contribution is 2.16. The zero-order valence-corrected chi connectivity index (χ0v) is 11.7. The van der Waals surface area contributed by atoms with Crippen LogP contribution in [-0.4, -0.2) is 48.3 Å². The van der Waals surface area contributed by atoms with Crippen molar-refractivity contribution in [1.82, 2.24) is 9.80 Å². The molecule has 1 heterocycles. The summed E-state index contributed by atoms with van der Waals surface area (Å²) in [6.45, 7) is 5.63. The first-order valence-corrected chi connectivity index (χ1v) is 6.62. The number of likely N-dealkylation sites (N-methyl/N-ethyl adjacent to an activating group) is 1. The zero-order chi connectivity index (χ0) is 14.0. The van der Waals surface area contributed by atoms with E-state index in [1.807, 2.05) is 24.3 Å². The molecule has 4 nitrogen and oxygen atoms in total. The molecule has 102 valence electrons. The summed E-state index contributed by atoms with van der Waals surface area (Å²) in [6, 6.07) is 7.66. The van der Waals surface area contributed by atoms with Crippen molar-refractivity contribution in [2.75, 3.05) is 26.7 Å². The molecule has 1 aliphatic rings. The summed E-state index contributed by atoms with van der Waals surface area (Å²) in [5.41, 5.74) is 1.87. The van der Waals surface area contributed by atoms with Gasteiger partial charge >= 0.3 is 0 Å². The van der Waals surface area contributed by atoms with E-state index >= 15 is 0 Å². The molecule has 2 amide bonds. The van der Waals surface area contributed by atoms with Gasteiger partial charge in [-0.1, -0.05) is 26.0 Å². The van der Waals surface area contributed by atoms with E-state index < -0.39 is 0 Å². The first kappa shape index (κ1) is 13.6. The lowest BCUT2D eigenvalue weighted by molar-refractivity contribution is -0.133. The Morgan fingerprint density at radius 3 is 2.32 bits per heavy atom. The van der Waals surface area contributed by atoms with Crippen molar-refractivity contribution in [3.8, 4) is 0 Å². The summed E-state index contributed by atoms with van der Waals surface area (Å²) < 4.78 is 0. The Labute approximate surface area is 114 Å². The Hall–Kier alpha value is -1.84. The number of hydrogen-bond donors (Lipinski definition) is 0. The molecule has 0 saturated carbocycles. The fourth-order valence-electron chi connectivity index (χ4n) is 2.12. The van der Waals surface area contributed by atoms with Crippen LogP contribution >= 0.6 is 0 Å². The van der Waals surface area contributed by atoms with Crippen LogP contribution in [0.3, 0.4) is 0 Å². The minimum atomic E-state index is -0.0586. The van der Waals surface area contributed by atoms with Gasteiger partial charge in [-0.3, -0.25) is 9.59 Å². The summed E-state index contributed by atoms with van der Waals surface area (Å²) in [5.74, 6) is 0.393. The molecule has 1 aromatic carbocycles. The third kappa shape index (κ3) is 2.95. The van der Waals surface area contributed by atoms with Crippen molar-refractivity contribution in [1.29, 1.82) is 0 Å². The van der Waals surface area contributed by atoms with E-state index in [2.05, 4.69) is 13.8 Å². The number of amides is 2. The number of hydrogen-bond acceptors (Lipinski definition) is 2. The van der Waals surface area contributed by atoms with Crippen LogP contribution in [-0.2, 0) is 4.79 Å². The molecule has 1 aromatic rings. The molecular weight excluding hydrogens is 240 g/mol. The molecule has 0 radical (unpaired) electrons. The zero-order valence-electron chi connectivity index (χ0n) is 11.7. The van der Waals surface area contributed by atoms with Gasteiger partial charge in [0.25, 0.3) is 5.91 Å².